The molecular weight excluding hydrogens is 240 g/mol. The van der Waals surface area contributed by atoms with E-state index >= 15 is 0 Å². The zero-order valence-corrected chi connectivity index (χ0v) is 13.4. The molecule has 0 spiro atoms. The Bertz CT molecular complexity index is 288. The van der Waals surface area contributed by atoms with Crippen LogP contribution >= 0.6 is 0 Å². The predicted octanol–water partition coefficient (Wildman–Crippen LogP) is 6.20. The molecule has 4 fully saturated rings. The van der Waals surface area contributed by atoms with E-state index in [1.165, 1.54) is 0 Å². The Morgan fingerprint density at radius 2 is 0.900 bits per heavy atom. The molecule has 0 aliphatic heterocycles. The van der Waals surface area contributed by atoms with Crippen molar-refractivity contribution in [3.8, 4) is 0 Å². The average molecular weight is 274 g/mol. The fraction of sp³-hybridized carbons (Fsp3) is 1.00. The van der Waals surface area contributed by atoms with Crippen LogP contribution in [0.3, 0.4) is 0 Å². The van der Waals surface area contributed by atoms with Crippen molar-refractivity contribution >= 4 is 0 Å². The normalized spacial score (nSPS) is 48.0. The maximum atomic E-state index is 1.61. The standard InChI is InChI=1S/C20H34/c1-3-7-19-15(5-1)9-11-17(19)13-14-18-12-10-16-6-2-4-8-20(16)18/h15-20H,1-14H2. The first-order valence-electron chi connectivity index (χ1n) is 9.92. The summed E-state index contributed by atoms with van der Waals surface area (Å²) in [5, 5.41) is 0. The van der Waals surface area contributed by atoms with E-state index < -0.39 is 0 Å². The minimum absolute atomic E-state index is 1.14. The summed E-state index contributed by atoms with van der Waals surface area (Å²) in [7, 11) is 0. The van der Waals surface area contributed by atoms with Gasteiger partial charge >= 0.3 is 0 Å². The fourth-order valence-electron chi connectivity index (χ4n) is 6.86. The second-order valence-corrected chi connectivity index (χ2v) is 8.67. The van der Waals surface area contributed by atoms with Gasteiger partial charge < -0.3 is 0 Å². The Kier molecular flexibility index (Phi) is 4.10. The molecule has 0 bridgehead atoms. The fourth-order valence-corrected chi connectivity index (χ4v) is 6.86. The van der Waals surface area contributed by atoms with E-state index in [1.54, 1.807) is 89.9 Å². The third-order valence-electron chi connectivity index (χ3n) is 7.87. The average Bonchev–Trinajstić information content (AvgIpc) is 3.09. The van der Waals surface area contributed by atoms with Gasteiger partial charge in [-0.25, -0.2) is 0 Å². The van der Waals surface area contributed by atoms with Crippen molar-refractivity contribution in [2.24, 2.45) is 35.5 Å². The van der Waals surface area contributed by atoms with E-state index in [1.807, 2.05) is 0 Å². The molecule has 0 amide bonds. The topological polar surface area (TPSA) is 0 Å². The highest BCUT2D eigenvalue weighted by Crippen LogP contribution is 2.51. The largest absolute Gasteiger partial charge is 0.0530 e. The monoisotopic (exact) mass is 274 g/mol. The molecular formula is C20H34. The van der Waals surface area contributed by atoms with Gasteiger partial charge in [0.15, 0.2) is 0 Å². The molecule has 0 aromatic rings. The quantitative estimate of drug-likeness (QED) is 0.575. The van der Waals surface area contributed by atoms with Gasteiger partial charge in [-0.3, -0.25) is 0 Å². The summed E-state index contributed by atoms with van der Waals surface area (Å²) in [6.07, 6.45) is 22.1. The lowest BCUT2D eigenvalue weighted by atomic mass is 9.74. The van der Waals surface area contributed by atoms with Crippen LogP contribution in [0.15, 0.2) is 0 Å². The van der Waals surface area contributed by atoms with Crippen LogP contribution in [-0.2, 0) is 0 Å². The molecule has 6 atom stereocenters. The van der Waals surface area contributed by atoms with Crippen LogP contribution in [0.4, 0.5) is 0 Å². The van der Waals surface area contributed by atoms with Crippen LogP contribution in [0.2, 0.25) is 0 Å². The highest BCUT2D eigenvalue weighted by Gasteiger charge is 2.40. The predicted molar refractivity (Wildman–Crippen MR) is 85.6 cm³/mol. The first kappa shape index (κ1) is 13.6. The molecule has 4 aliphatic carbocycles. The van der Waals surface area contributed by atoms with Gasteiger partial charge in [-0.1, -0.05) is 38.5 Å². The molecule has 0 N–H and O–H groups in total. The van der Waals surface area contributed by atoms with Crippen molar-refractivity contribution in [2.45, 2.75) is 89.9 Å². The highest BCUT2D eigenvalue weighted by atomic mass is 14.5. The van der Waals surface area contributed by atoms with Crippen LogP contribution in [0.25, 0.3) is 0 Å². The van der Waals surface area contributed by atoms with Crippen LogP contribution in [0.5, 0.6) is 0 Å². The zero-order valence-electron chi connectivity index (χ0n) is 13.4. The van der Waals surface area contributed by atoms with Gasteiger partial charge in [0.1, 0.15) is 0 Å². The van der Waals surface area contributed by atoms with Gasteiger partial charge in [-0.2, -0.15) is 0 Å². The molecule has 0 heterocycles. The molecule has 4 saturated carbocycles. The van der Waals surface area contributed by atoms with Gasteiger partial charge in [0.25, 0.3) is 0 Å². The number of rotatable bonds is 3. The molecule has 0 radical (unpaired) electrons. The zero-order chi connectivity index (χ0) is 13.4. The van der Waals surface area contributed by atoms with E-state index in [-0.39, 0.29) is 0 Å². The highest BCUT2D eigenvalue weighted by molar-refractivity contribution is 4.91. The molecule has 4 aliphatic rings. The Morgan fingerprint density at radius 3 is 1.40 bits per heavy atom. The van der Waals surface area contributed by atoms with Gasteiger partial charge in [-0.15, -0.1) is 0 Å². The van der Waals surface area contributed by atoms with Crippen LogP contribution in [-0.4, -0.2) is 0 Å². The van der Waals surface area contributed by atoms with Crippen molar-refractivity contribution in [3.63, 3.8) is 0 Å². The molecule has 114 valence electrons. The number of hydrogen-bond acceptors (Lipinski definition) is 0. The Balaban J connectivity index is 1.30. The molecule has 0 aromatic carbocycles. The summed E-state index contributed by atoms with van der Waals surface area (Å²) in [6.45, 7) is 0. The molecule has 6 unspecified atom stereocenters. The maximum Gasteiger partial charge on any atom is -0.0357 e. The van der Waals surface area contributed by atoms with Crippen LogP contribution in [0.1, 0.15) is 89.9 Å². The summed E-state index contributed by atoms with van der Waals surface area (Å²) in [5.74, 6) is 6.91. The van der Waals surface area contributed by atoms with Gasteiger partial charge in [-0.05, 0) is 86.9 Å². The number of hydrogen-bond donors (Lipinski definition) is 0. The summed E-state index contributed by atoms with van der Waals surface area (Å²) in [5.41, 5.74) is 0. The summed E-state index contributed by atoms with van der Waals surface area (Å²) < 4.78 is 0. The SMILES string of the molecule is C1CCC2C(C1)CCC2CCC1CCC2CCCCC21. The van der Waals surface area contributed by atoms with Crippen molar-refractivity contribution < 1.29 is 0 Å². The van der Waals surface area contributed by atoms with Gasteiger partial charge in [0.05, 0.1) is 0 Å². The Morgan fingerprint density at radius 1 is 0.450 bits per heavy atom. The summed E-state index contributed by atoms with van der Waals surface area (Å²) >= 11 is 0. The van der Waals surface area contributed by atoms with E-state index in [0.29, 0.717) is 0 Å². The van der Waals surface area contributed by atoms with E-state index in [4.69, 9.17) is 0 Å². The molecule has 20 heavy (non-hydrogen) atoms. The lowest BCUT2D eigenvalue weighted by Crippen LogP contribution is -2.22. The lowest BCUT2D eigenvalue weighted by Gasteiger charge is -2.32. The van der Waals surface area contributed by atoms with Crippen LogP contribution < -0.4 is 0 Å². The molecule has 0 nitrogen and oxygen atoms in total. The lowest BCUT2D eigenvalue weighted by molar-refractivity contribution is 0.187. The van der Waals surface area contributed by atoms with E-state index in [9.17, 15) is 0 Å². The molecule has 0 heteroatoms. The first-order chi connectivity index (χ1) is 9.92. The maximum absolute atomic E-state index is 1.61. The molecule has 0 aromatic heterocycles. The van der Waals surface area contributed by atoms with Crippen molar-refractivity contribution in [2.75, 3.05) is 0 Å². The van der Waals surface area contributed by atoms with Crippen molar-refractivity contribution in [3.05, 3.63) is 0 Å². The van der Waals surface area contributed by atoms with E-state index in [0.717, 1.165) is 35.5 Å². The summed E-state index contributed by atoms with van der Waals surface area (Å²) in [4.78, 5) is 0. The Labute approximate surface area is 126 Å². The third kappa shape index (κ3) is 2.57. The van der Waals surface area contributed by atoms with Crippen LogP contribution in [0, 0.1) is 35.5 Å². The number of fused-ring (bicyclic) bond motifs is 2. The second kappa shape index (κ2) is 6.01. The smallest absolute Gasteiger partial charge is 0.0357 e. The Hall–Kier alpha value is 0. The molecule has 0 saturated heterocycles. The summed E-state index contributed by atoms with van der Waals surface area (Å²) in [6, 6.07) is 0. The molecule has 4 rings (SSSR count). The van der Waals surface area contributed by atoms with Crippen molar-refractivity contribution in [1.82, 2.24) is 0 Å². The first-order valence-corrected chi connectivity index (χ1v) is 9.92. The minimum Gasteiger partial charge on any atom is -0.0530 e. The second-order valence-electron chi connectivity index (χ2n) is 8.67. The van der Waals surface area contributed by atoms with Gasteiger partial charge in [0, 0.05) is 0 Å². The van der Waals surface area contributed by atoms with Crippen molar-refractivity contribution in [1.29, 1.82) is 0 Å². The minimum atomic E-state index is 1.14. The third-order valence-corrected chi connectivity index (χ3v) is 7.87. The van der Waals surface area contributed by atoms with Gasteiger partial charge in [0.2, 0.25) is 0 Å². The van der Waals surface area contributed by atoms with E-state index in [2.05, 4.69) is 0 Å².